The zero-order valence-corrected chi connectivity index (χ0v) is 11.8. The Morgan fingerprint density at radius 2 is 2.23 bits per heavy atom. The highest BCUT2D eigenvalue weighted by Crippen LogP contribution is 2.20. The second kappa shape index (κ2) is 6.26. The zero-order valence-electron chi connectivity index (χ0n) is 11.8. The number of benzene rings is 1. The number of hydrogen-bond acceptors (Lipinski definition) is 4. The van der Waals surface area contributed by atoms with Gasteiger partial charge in [-0.25, -0.2) is 0 Å². The highest BCUT2D eigenvalue weighted by atomic mass is 16.5. The van der Waals surface area contributed by atoms with Gasteiger partial charge < -0.3 is 15.4 Å². The van der Waals surface area contributed by atoms with Crippen LogP contribution >= 0.6 is 0 Å². The summed E-state index contributed by atoms with van der Waals surface area (Å²) in [5.74, 6) is 0.456. The molecule has 6 nitrogen and oxygen atoms in total. The highest BCUT2D eigenvalue weighted by molar-refractivity contribution is 5.92. The molecule has 3 rings (SSSR count). The number of amides is 2. The van der Waals surface area contributed by atoms with E-state index in [9.17, 15) is 9.59 Å². The van der Waals surface area contributed by atoms with Crippen molar-refractivity contribution < 1.29 is 14.3 Å². The molecule has 2 N–H and O–H groups in total. The molecule has 2 heterocycles. The lowest BCUT2D eigenvalue weighted by Crippen LogP contribution is -2.51. The van der Waals surface area contributed by atoms with Crippen molar-refractivity contribution in [1.29, 1.82) is 0 Å². The summed E-state index contributed by atoms with van der Waals surface area (Å²) in [5.41, 5.74) is 1.50. The average molecular weight is 297 g/mol. The van der Waals surface area contributed by atoms with E-state index in [4.69, 9.17) is 4.74 Å². The fourth-order valence-corrected chi connectivity index (χ4v) is 2.10. The SMILES string of the molecule is O=C(Cc1cccnc1)Nc1cccc(OC2CC(=O)N2)c1. The van der Waals surface area contributed by atoms with Crippen LogP contribution in [0.3, 0.4) is 0 Å². The van der Waals surface area contributed by atoms with Crippen molar-refractivity contribution >= 4 is 17.5 Å². The zero-order chi connectivity index (χ0) is 15.4. The van der Waals surface area contributed by atoms with E-state index in [0.29, 0.717) is 17.9 Å². The maximum atomic E-state index is 12.0. The number of β-lactam (4-membered cyclic amide) rings is 1. The molecule has 6 heteroatoms. The van der Waals surface area contributed by atoms with Gasteiger partial charge in [0, 0.05) is 24.1 Å². The molecular weight excluding hydrogens is 282 g/mol. The monoisotopic (exact) mass is 297 g/mol. The number of rotatable bonds is 5. The van der Waals surface area contributed by atoms with Crippen LogP contribution < -0.4 is 15.4 Å². The summed E-state index contributed by atoms with van der Waals surface area (Å²) in [5, 5.41) is 5.44. The number of hydrogen-bond donors (Lipinski definition) is 2. The first-order chi connectivity index (χ1) is 10.7. The Labute approximate surface area is 127 Å². The van der Waals surface area contributed by atoms with Crippen molar-refractivity contribution in [1.82, 2.24) is 10.3 Å². The molecule has 0 radical (unpaired) electrons. The maximum absolute atomic E-state index is 12.0. The predicted octanol–water partition coefficient (Wildman–Crippen LogP) is 1.49. The molecule has 1 unspecified atom stereocenters. The van der Waals surface area contributed by atoms with Crippen molar-refractivity contribution in [2.24, 2.45) is 0 Å². The Hall–Kier alpha value is -2.89. The summed E-state index contributed by atoms with van der Waals surface area (Å²) in [6.45, 7) is 0. The Balaban J connectivity index is 1.57. The van der Waals surface area contributed by atoms with Crippen LogP contribution in [0.25, 0.3) is 0 Å². The van der Waals surface area contributed by atoms with Crippen LogP contribution in [-0.2, 0) is 16.0 Å². The number of aromatic nitrogens is 1. The van der Waals surface area contributed by atoms with Gasteiger partial charge in [-0.15, -0.1) is 0 Å². The number of ether oxygens (including phenoxy) is 1. The largest absolute Gasteiger partial charge is 0.470 e. The molecule has 1 fully saturated rings. The third kappa shape index (κ3) is 3.60. The Morgan fingerprint density at radius 1 is 1.36 bits per heavy atom. The summed E-state index contributed by atoms with van der Waals surface area (Å²) in [4.78, 5) is 26.8. The molecule has 0 aliphatic carbocycles. The van der Waals surface area contributed by atoms with E-state index in [0.717, 1.165) is 5.56 Å². The van der Waals surface area contributed by atoms with Crippen molar-refractivity contribution in [3.05, 3.63) is 54.4 Å². The van der Waals surface area contributed by atoms with E-state index in [-0.39, 0.29) is 24.5 Å². The summed E-state index contributed by atoms with van der Waals surface area (Å²) in [6, 6.07) is 10.7. The van der Waals surface area contributed by atoms with Crippen molar-refractivity contribution in [3.8, 4) is 5.75 Å². The fraction of sp³-hybridized carbons (Fsp3) is 0.188. The number of carbonyl (C=O) groups is 2. The van der Waals surface area contributed by atoms with Gasteiger partial charge in [-0.05, 0) is 23.8 Å². The van der Waals surface area contributed by atoms with Crippen LogP contribution in [0.15, 0.2) is 48.8 Å². The van der Waals surface area contributed by atoms with Gasteiger partial charge in [0.2, 0.25) is 11.8 Å². The molecule has 1 aromatic carbocycles. The van der Waals surface area contributed by atoms with Gasteiger partial charge in [0.15, 0.2) is 6.23 Å². The number of pyridine rings is 1. The smallest absolute Gasteiger partial charge is 0.228 e. The molecule has 1 saturated heterocycles. The minimum atomic E-state index is -0.283. The molecule has 1 aliphatic heterocycles. The lowest BCUT2D eigenvalue weighted by atomic mass is 10.2. The van der Waals surface area contributed by atoms with Crippen molar-refractivity contribution in [3.63, 3.8) is 0 Å². The van der Waals surface area contributed by atoms with Crippen LogP contribution in [0.4, 0.5) is 5.69 Å². The Bertz CT molecular complexity index is 680. The first-order valence-electron chi connectivity index (χ1n) is 6.94. The lowest BCUT2D eigenvalue weighted by Gasteiger charge is -2.27. The van der Waals surface area contributed by atoms with Crippen LogP contribution in [0.2, 0.25) is 0 Å². The van der Waals surface area contributed by atoms with Crippen LogP contribution in [0.5, 0.6) is 5.75 Å². The van der Waals surface area contributed by atoms with Gasteiger partial charge >= 0.3 is 0 Å². The number of nitrogens with zero attached hydrogens (tertiary/aromatic N) is 1. The topological polar surface area (TPSA) is 80.3 Å². The second-order valence-corrected chi connectivity index (χ2v) is 4.99. The van der Waals surface area contributed by atoms with E-state index in [1.54, 1.807) is 42.7 Å². The van der Waals surface area contributed by atoms with Gasteiger partial charge in [-0.1, -0.05) is 12.1 Å². The third-order valence-corrected chi connectivity index (χ3v) is 3.18. The molecule has 0 saturated carbocycles. The minimum absolute atomic E-state index is 0.0223. The van der Waals surface area contributed by atoms with Crippen LogP contribution in [0.1, 0.15) is 12.0 Å². The molecule has 0 bridgehead atoms. The molecule has 1 aromatic heterocycles. The van der Waals surface area contributed by atoms with Gasteiger partial charge in [-0.3, -0.25) is 14.6 Å². The molecule has 1 atom stereocenters. The summed E-state index contributed by atoms with van der Waals surface area (Å²) >= 11 is 0. The number of nitrogens with one attached hydrogen (secondary N) is 2. The Morgan fingerprint density at radius 3 is 2.95 bits per heavy atom. The number of anilines is 1. The lowest BCUT2D eigenvalue weighted by molar-refractivity contribution is -0.134. The van der Waals surface area contributed by atoms with E-state index >= 15 is 0 Å². The van der Waals surface area contributed by atoms with Gasteiger partial charge in [0.1, 0.15) is 5.75 Å². The van der Waals surface area contributed by atoms with Crippen LogP contribution in [0, 0.1) is 0 Å². The van der Waals surface area contributed by atoms with E-state index < -0.39 is 0 Å². The van der Waals surface area contributed by atoms with Crippen molar-refractivity contribution in [2.45, 2.75) is 19.1 Å². The highest BCUT2D eigenvalue weighted by Gasteiger charge is 2.26. The molecule has 2 amide bonds. The molecule has 112 valence electrons. The molecule has 1 aliphatic rings. The average Bonchev–Trinajstić information content (AvgIpc) is 2.47. The maximum Gasteiger partial charge on any atom is 0.228 e. The van der Waals surface area contributed by atoms with Crippen molar-refractivity contribution in [2.75, 3.05) is 5.32 Å². The van der Waals surface area contributed by atoms with E-state index in [2.05, 4.69) is 15.6 Å². The molecule has 22 heavy (non-hydrogen) atoms. The summed E-state index contributed by atoms with van der Waals surface area (Å²) in [7, 11) is 0. The quantitative estimate of drug-likeness (QED) is 0.819. The number of carbonyl (C=O) groups excluding carboxylic acids is 2. The van der Waals surface area contributed by atoms with Gasteiger partial charge in [0.25, 0.3) is 0 Å². The predicted molar refractivity (Wildman–Crippen MR) is 80.2 cm³/mol. The normalized spacial score (nSPS) is 16.4. The fourth-order valence-electron chi connectivity index (χ4n) is 2.10. The van der Waals surface area contributed by atoms with E-state index in [1.165, 1.54) is 0 Å². The first-order valence-corrected chi connectivity index (χ1v) is 6.94. The summed E-state index contributed by atoms with van der Waals surface area (Å²) in [6.07, 6.45) is 3.67. The van der Waals surface area contributed by atoms with E-state index in [1.807, 2.05) is 6.07 Å². The first kappa shape index (κ1) is 14.1. The minimum Gasteiger partial charge on any atom is -0.470 e. The summed E-state index contributed by atoms with van der Waals surface area (Å²) < 4.78 is 5.57. The Kier molecular flexibility index (Phi) is 4.00. The van der Waals surface area contributed by atoms with Crippen LogP contribution in [-0.4, -0.2) is 23.0 Å². The third-order valence-electron chi connectivity index (χ3n) is 3.18. The van der Waals surface area contributed by atoms with Gasteiger partial charge in [0.05, 0.1) is 12.8 Å². The molecule has 2 aromatic rings. The standard InChI is InChI=1S/C16H15N3O3/c20-14(7-11-3-2-6-17-10-11)18-12-4-1-5-13(8-12)22-16-9-15(21)19-16/h1-6,8,10,16H,7,9H2,(H,18,20)(H,19,21). The molecule has 0 spiro atoms. The molecular formula is C16H15N3O3. The van der Waals surface area contributed by atoms with Gasteiger partial charge in [-0.2, -0.15) is 0 Å². The second-order valence-electron chi connectivity index (χ2n) is 4.99.